The van der Waals surface area contributed by atoms with Gasteiger partial charge < -0.3 is 20.1 Å². The molecule has 1 aromatic rings. The molecule has 0 saturated heterocycles. The molecule has 0 heterocycles. The predicted octanol–water partition coefficient (Wildman–Crippen LogP) is 3.70. The van der Waals surface area contributed by atoms with E-state index in [4.69, 9.17) is 32.7 Å². The molecule has 0 aliphatic heterocycles. The van der Waals surface area contributed by atoms with E-state index >= 15 is 0 Å². The maximum Gasteiger partial charge on any atom is 0.407 e. The second-order valence-electron chi connectivity index (χ2n) is 6.44. The maximum atomic E-state index is 11.9. The summed E-state index contributed by atoms with van der Waals surface area (Å²) in [5, 5.41) is 5.52. The van der Waals surface area contributed by atoms with Crippen molar-refractivity contribution in [2.45, 2.75) is 39.7 Å². The van der Waals surface area contributed by atoms with E-state index in [0.29, 0.717) is 5.02 Å². The third kappa shape index (κ3) is 7.93. The first-order chi connectivity index (χ1) is 12.0. The average molecular weight is 405 g/mol. The Kier molecular flexibility index (Phi) is 8.17. The van der Waals surface area contributed by atoms with Crippen LogP contribution in [0.4, 0.5) is 10.5 Å². The van der Waals surface area contributed by atoms with Crippen LogP contribution in [-0.2, 0) is 19.1 Å². The highest BCUT2D eigenvalue weighted by atomic mass is 35.5. The molecule has 0 aliphatic carbocycles. The smallest absolute Gasteiger partial charge is 0.407 e. The van der Waals surface area contributed by atoms with E-state index in [2.05, 4.69) is 10.6 Å². The van der Waals surface area contributed by atoms with E-state index in [1.165, 1.54) is 0 Å². The number of anilines is 1. The standard InChI is InChI=1S/C17H22Cl2N2O5/c1-10-5-6-11(18)15(14(10)19)21-12(22)9-25-13(23)7-8-20-16(24)26-17(2,3)4/h5-6H,7-9H2,1-4H3,(H,20,24)(H,21,22). The van der Waals surface area contributed by atoms with Gasteiger partial charge in [-0.2, -0.15) is 0 Å². The number of rotatable bonds is 6. The van der Waals surface area contributed by atoms with Crippen molar-refractivity contribution in [2.24, 2.45) is 0 Å². The fourth-order valence-electron chi connectivity index (χ4n) is 1.75. The van der Waals surface area contributed by atoms with Crippen LogP contribution in [0, 0.1) is 6.92 Å². The summed E-state index contributed by atoms with van der Waals surface area (Å²) in [6.45, 7) is 6.49. The quantitative estimate of drug-likeness (QED) is 0.704. The molecule has 0 atom stereocenters. The molecule has 0 unspecified atom stereocenters. The van der Waals surface area contributed by atoms with Crippen molar-refractivity contribution < 1.29 is 23.9 Å². The number of amides is 2. The number of ether oxygens (including phenoxy) is 2. The molecule has 0 fully saturated rings. The summed E-state index contributed by atoms with van der Waals surface area (Å²) in [4.78, 5) is 34.9. The zero-order valence-corrected chi connectivity index (χ0v) is 16.6. The zero-order chi connectivity index (χ0) is 19.9. The normalized spacial score (nSPS) is 10.8. The van der Waals surface area contributed by atoms with Crippen LogP contribution < -0.4 is 10.6 Å². The highest BCUT2D eigenvalue weighted by molar-refractivity contribution is 6.40. The number of halogens is 2. The lowest BCUT2D eigenvalue weighted by molar-refractivity contribution is -0.147. The molecule has 26 heavy (non-hydrogen) atoms. The van der Waals surface area contributed by atoms with Gasteiger partial charge in [0.2, 0.25) is 0 Å². The minimum atomic E-state index is -0.641. The molecular formula is C17H22Cl2N2O5. The van der Waals surface area contributed by atoms with Gasteiger partial charge in [0, 0.05) is 6.54 Å². The van der Waals surface area contributed by atoms with Gasteiger partial charge in [0.05, 0.1) is 22.2 Å². The fraction of sp³-hybridized carbons (Fsp3) is 0.471. The van der Waals surface area contributed by atoms with Gasteiger partial charge in [0.15, 0.2) is 6.61 Å². The van der Waals surface area contributed by atoms with Gasteiger partial charge in [-0.05, 0) is 39.3 Å². The molecule has 0 radical (unpaired) electrons. The molecule has 0 spiro atoms. The van der Waals surface area contributed by atoms with E-state index in [9.17, 15) is 14.4 Å². The van der Waals surface area contributed by atoms with Crippen LogP contribution in [0.15, 0.2) is 12.1 Å². The molecule has 1 rings (SSSR count). The average Bonchev–Trinajstić information content (AvgIpc) is 2.51. The Hall–Kier alpha value is -1.99. The first kappa shape index (κ1) is 22.1. The number of esters is 1. The molecule has 1 aromatic carbocycles. The van der Waals surface area contributed by atoms with Gasteiger partial charge in [-0.1, -0.05) is 29.3 Å². The molecular weight excluding hydrogens is 383 g/mol. The summed E-state index contributed by atoms with van der Waals surface area (Å²) < 4.78 is 9.86. The van der Waals surface area contributed by atoms with Crippen LogP contribution in [0.25, 0.3) is 0 Å². The Morgan fingerprint density at radius 2 is 1.81 bits per heavy atom. The number of alkyl carbamates (subject to hydrolysis) is 1. The maximum absolute atomic E-state index is 11.9. The Morgan fingerprint density at radius 3 is 2.42 bits per heavy atom. The van der Waals surface area contributed by atoms with Crippen molar-refractivity contribution in [3.05, 3.63) is 27.7 Å². The van der Waals surface area contributed by atoms with E-state index in [1.54, 1.807) is 39.8 Å². The van der Waals surface area contributed by atoms with Gasteiger partial charge in [0.25, 0.3) is 5.91 Å². The number of aryl methyl sites for hydroxylation is 1. The lowest BCUT2D eigenvalue weighted by Crippen LogP contribution is -2.34. The number of nitrogens with one attached hydrogen (secondary N) is 2. The summed E-state index contributed by atoms with van der Waals surface area (Å²) in [5.41, 5.74) is 0.388. The molecule has 9 heteroatoms. The van der Waals surface area contributed by atoms with Crippen LogP contribution in [0.2, 0.25) is 10.0 Å². The summed E-state index contributed by atoms with van der Waals surface area (Å²) >= 11 is 12.1. The molecule has 0 saturated carbocycles. The van der Waals surface area contributed by atoms with Gasteiger partial charge in [0.1, 0.15) is 5.60 Å². The number of hydrogen-bond donors (Lipinski definition) is 2. The van der Waals surface area contributed by atoms with E-state index in [-0.39, 0.29) is 23.7 Å². The predicted molar refractivity (Wildman–Crippen MR) is 99.6 cm³/mol. The molecule has 2 amide bonds. The van der Waals surface area contributed by atoms with E-state index in [0.717, 1.165) is 5.56 Å². The van der Waals surface area contributed by atoms with Crippen molar-refractivity contribution in [2.75, 3.05) is 18.5 Å². The van der Waals surface area contributed by atoms with E-state index in [1.807, 2.05) is 0 Å². The summed E-state index contributed by atoms with van der Waals surface area (Å²) in [5.74, 6) is -1.22. The SMILES string of the molecule is Cc1ccc(Cl)c(NC(=O)COC(=O)CCNC(=O)OC(C)(C)C)c1Cl. The zero-order valence-electron chi connectivity index (χ0n) is 15.1. The number of benzene rings is 1. The first-order valence-corrected chi connectivity index (χ1v) is 8.62. The Bertz CT molecular complexity index is 686. The molecule has 0 aliphatic rings. The van der Waals surface area contributed by atoms with Crippen LogP contribution in [0.3, 0.4) is 0 Å². The van der Waals surface area contributed by atoms with Crippen molar-refractivity contribution in [1.29, 1.82) is 0 Å². The third-order valence-electron chi connectivity index (χ3n) is 2.91. The van der Waals surface area contributed by atoms with Gasteiger partial charge in [-0.3, -0.25) is 9.59 Å². The van der Waals surface area contributed by atoms with Crippen LogP contribution >= 0.6 is 23.2 Å². The Balaban J connectivity index is 2.36. The fourth-order valence-corrected chi connectivity index (χ4v) is 2.21. The molecule has 2 N–H and O–H groups in total. The lowest BCUT2D eigenvalue weighted by atomic mass is 10.2. The second kappa shape index (κ2) is 9.64. The summed E-state index contributed by atoms with van der Waals surface area (Å²) in [6, 6.07) is 3.32. The van der Waals surface area contributed by atoms with E-state index < -0.39 is 30.2 Å². The number of carbonyl (C=O) groups excluding carboxylic acids is 3. The highest BCUT2D eigenvalue weighted by Gasteiger charge is 2.17. The van der Waals surface area contributed by atoms with Crippen molar-refractivity contribution in [1.82, 2.24) is 5.32 Å². The van der Waals surface area contributed by atoms with Gasteiger partial charge in [-0.25, -0.2) is 4.79 Å². The minimum Gasteiger partial charge on any atom is -0.456 e. The summed E-state index contributed by atoms with van der Waals surface area (Å²) in [6.07, 6.45) is -0.731. The van der Waals surface area contributed by atoms with Crippen LogP contribution in [0.1, 0.15) is 32.8 Å². The third-order valence-corrected chi connectivity index (χ3v) is 3.71. The Labute approximate surface area is 162 Å². The largest absolute Gasteiger partial charge is 0.456 e. The van der Waals surface area contributed by atoms with Crippen LogP contribution in [-0.4, -0.2) is 36.7 Å². The molecule has 0 aromatic heterocycles. The molecule has 0 bridgehead atoms. The summed E-state index contributed by atoms with van der Waals surface area (Å²) in [7, 11) is 0. The molecule has 144 valence electrons. The first-order valence-electron chi connectivity index (χ1n) is 7.86. The number of hydrogen-bond acceptors (Lipinski definition) is 5. The molecule has 7 nitrogen and oxygen atoms in total. The van der Waals surface area contributed by atoms with Gasteiger partial charge in [-0.15, -0.1) is 0 Å². The highest BCUT2D eigenvalue weighted by Crippen LogP contribution is 2.32. The van der Waals surface area contributed by atoms with Crippen molar-refractivity contribution >= 4 is 46.9 Å². The monoisotopic (exact) mass is 404 g/mol. The number of carbonyl (C=O) groups is 3. The van der Waals surface area contributed by atoms with Gasteiger partial charge >= 0.3 is 12.1 Å². The topological polar surface area (TPSA) is 93.7 Å². The van der Waals surface area contributed by atoms with Crippen LogP contribution in [0.5, 0.6) is 0 Å². The Morgan fingerprint density at radius 1 is 1.15 bits per heavy atom. The lowest BCUT2D eigenvalue weighted by Gasteiger charge is -2.19. The van der Waals surface area contributed by atoms with Crippen molar-refractivity contribution in [3.8, 4) is 0 Å². The minimum absolute atomic E-state index is 0.0326. The van der Waals surface area contributed by atoms with Crippen molar-refractivity contribution in [3.63, 3.8) is 0 Å². The second-order valence-corrected chi connectivity index (χ2v) is 7.23.